The summed E-state index contributed by atoms with van der Waals surface area (Å²) in [4.78, 5) is 0. The molecule has 0 aromatic heterocycles. The third-order valence-electron chi connectivity index (χ3n) is 7.65. The molecule has 0 aliphatic heterocycles. The van der Waals surface area contributed by atoms with Crippen LogP contribution in [0.5, 0.6) is 0 Å². The number of benzene rings is 5. The Morgan fingerprint density at radius 1 is 0.658 bits per heavy atom. The zero-order chi connectivity index (χ0) is 26.7. The van der Waals surface area contributed by atoms with Gasteiger partial charge in [0, 0.05) is 0 Å². The van der Waals surface area contributed by atoms with E-state index < -0.39 is 23.1 Å². The quantitative estimate of drug-likeness (QED) is 0.154. The molecule has 1 nitrogen and oxygen atoms in total. The molecule has 0 atom stereocenters. The number of hydrogen-bond acceptors (Lipinski definition) is 1. The molecular formula is C33H29Cl2OPTe. The van der Waals surface area contributed by atoms with Gasteiger partial charge in [0.1, 0.15) is 0 Å². The van der Waals surface area contributed by atoms with E-state index in [0.29, 0.717) is 0 Å². The summed E-state index contributed by atoms with van der Waals surface area (Å²) in [5.74, 6) is 0. The number of halogens is 2. The van der Waals surface area contributed by atoms with Crippen molar-refractivity contribution in [3.63, 3.8) is 0 Å². The monoisotopic (exact) mass is 672 g/mol. The molecule has 38 heavy (non-hydrogen) atoms. The van der Waals surface area contributed by atoms with Crippen LogP contribution in [0.4, 0.5) is 0 Å². The van der Waals surface area contributed by atoms with Gasteiger partial charge in [0.15, 0.2) is 0 Å². The normalized spacial score (nSPS) is 13.7. The summed E-state index contributed by atoms with van der Waals surface area (Å²) < 4.78 is 17.7. The van der Waals surface area contributed by atoms with Crippen molar-refractivity contribution in [3.8, 4) is 0 Å². The zero-order valence-corrected chi connectivity index (χ0v) is 26.4. The summed E-state index contributed by atoms with van der Waals surface area (Å²) in [5.41, 5.74) is 6.05. The molecule has 6 rings (SSSR count). The topological polar surface area (TPSA) is 17.1 Å². The predicted octanol–water partition coefficient (Wildman–Crippen LogP) is 6.54. The summed E-state index contributed by atoms with van der Waals surface area (Å²) >= 11 is -3.94. The first-order valence-corrected chi connectivity index (χ1v) is 22.8. The molecule has 0 saturated heterocycles. The van der Waals surface area contributed by atoms with Crippen LogP contribution in [0.25, 0.3) is 10.8 Å². The standard InChI is InChI=1S/C33H29Cl2OPTe/c1-22-20-23(2)33(24(3)21-22)38(34,35)30-19-17-26-15-14-25-16-18-29(32(30)31(25)26)37(36,27-10-6-4-7-11-27)28-12-8-5-9-13-28/h4-13,16-21H,14-15H2,1-3H3. The van der Waals surface area contributed by atoms with Gasteiger partial charge in [-0.05, 0) is 0 Å². The van der Waals surface area contributed by atoms with Crippen LogP contribution >= 0.6 is 25.1 Å². The van der Waals surface area contributed by atoms with Crippen molar-refractivity contribution in [2.24, 2.45) is 0 Å². The van der Waals surface area contributed by atoms with E-state index in [0.717, 1.165) is 52.5 Å². The van der Waals surface area contributed by atoms with Crippen molar-refractivity contribution < 1.29 is 4.57 Å². The SMILES string of the molecule is Cc1cc(C)c([Te](Cl)(Cl)c2ccc3c4c(ccc(P(=O)(c5ccccc5)c5ccccc5)c24)CC3)c(C)c1. The van der Waals surface area contributed by atoms with Crippen LogP contribution in [0.3, 0.4) is 0 Å². The number of rotatable bonds is 5. The molecule has 5 aromatic rings. The molecule has 0 radical (unpaired) electrons. The Kier molecular flexibility index (Phi) is 6.79. The van der Waals surface area contributed by atoms with E-state index in [4.69, 9.17) is 17.9 Å². The molecule has 0 unspecified atom stereocenters. The van der Waals surface area contributed by atoms with Crippen molar-refractivity contribution in [2.45, 2.75) is 33.6 Å². The predicted molar refractivity (Wildman–Crippen MR) is 168 cm³/mol. The number of hydrogen-bond donors (Lipinski definition) is 0. The Morgan fingerprint density at radius 3 is 1.68 bits per heavy atom. The fraction of sp³-hybridized carbons (Fsp3) is 0.152. The van der Waals surface area contributed by atoms with Crippen molar-refractivity contribution in [2.75, 3.05) is 0 Å². The van der Waals surface area contributed by atoms with E-state index in [1.165, 1.54) is 22.1 Å². The van der Waals surface area contributed by atoms with Crippen LogP contribution in [0.15, 0.2) is 97.1 Å². The van der Waals surface area contributed by atoms with E-state index in [9.17, 15) is 0 Å². The first-order chi connectivity index (χ1) is 18.2. The molecule has 1 aliphatic rings. The Balaban J connectivity index is 1.75. The second-order valence-corrected chi connectivity index (χ2v) is 25.3. The van der Waals surface area contributed by atoms with Crippen molar-refractivity contribution in [1.29, 1.82) is 0 Å². The van der Waals surface area contributed by atoms with Gasteiger partial charge in [0.2, 0.25) is 0 Å². The molecule has 5 aromatic carbocycles. The average Bonchev–Trinajstić information content (AvgIpc) is 3.33. The third kappa shape index (κ3) is 4.09. The van der Waals surface area contributed by atoms with E-state index in [2.05, 4.69) is 57.2 Å². The van der Waals surface area contributed by atoms with E-state index in [-0.39, 0.29) is 0 Å². The molecule has 0 N–H and O–H groups in total. The van der Waals surface area contributed by atoms with Gasteiger partial charge in [-0.15, -0.1) is 0 Å². The van der Waals surface area contributed by atoms with Gasteiger partial charge >= 0.3 is 238 Å². The number of aryl methyl sites for hydroxylation is 5. The minimum atomic E-state index is -3.94. The molecule has 0 heterocycles. The third-order valence-corrected chi connectivity index (χ3v) is 20.9. The van der Waals surface area contributed by atoms with Crippen LogP contribution in [0.1, 0.15) is 27.8 Å². The van der Waals surface area contributed by atoms with Gasteiger partial charge in [0.25, 0.3) is 0 Å². The Bertz CT molecular complexity index is 1670. The van der Waals surface area contributed by atoms with Crippen LogP contribution in [0.2, 0.25) is 0 Å². The van der Waals surface area contributed by atoms with E-state index in [1.807, 2.05) is 60.7 Å². The molecule has 0 spiro atoms. The molecule has 0 fully saturated rings. The second kappa shape index (κ2) is 9.86. The van der Waals surface area contributed by atoms with E-state index in [1.54, 1.807) is 0 Å². The van der Waals surface area contributed by atoms with Crippen LogP contribution in [-0.4, -0.2) is 15.9 Å². The van der Waals surface area contributed by atoms with Crippen LogP contribution < -0.4 is 23.1 Å². The first-order valence-electron chi connectivity index (χ1n) is 12.8. The van der Waals surface area contributed by atoms with Gasteiger partial charge in [-0.25, -0.2) is 0 Å². The zero-order valence-electron chi connectivity index (χ0n) is 21.7. The summed E-state index contributed by atoms with van der Waals surface area (Å²) in [7, 11) is 12.0. The van der Waals surface area contributed by atoms with Crippen molar-refractivity contribution >= 4 is 74.9 Å². The fourth-order valence-electron chi connectivity index (χ4n) is 6.14. The Labute approximate surface area is 236 Å². The molecule has 5 heteroatoms. The van der Waals surface area contributed by atoms with Gasteiger partial charge < -0.3 is 0 Å². The average molecular weight is 671 g/mol. The van der Waals surface area contributed by atoms with Crippen LogP contribution in [-0.2, 0) is 17.4 Å². The van der Waals surface area contributed by atoms with Crippen molar-refractivity contribution in [3.05, 3.63) is 125 Å². The first kappa shape index (κ1) is 26.2. The second-order valence-electron chi connectivity index (χ2n) is 10.2. The molecule has 0 amide bonds. The summed E-state index contributed by atoms with van der Waals surface area (Å²) in [6.07, 6.45) is 1.95. The maximum absolute atomic E-state index is 15.6. The summed E-state index contributed by atoms with van der Waals surface area (Å²) in [6.45, 7) is 6.33. The van der Waals surface area contributed by atoms with Gasteiger partial charge in [-0.3, -0.25) is 0 Å². The Morgan fingerprint density at radius 2 is 1.16 bits per heavy atom. The fourth-order valence-corrected chi connectivity index (χ4v) is 19.5. The molecule has 192 valence electrons. The molecule has 0 saturated carbocycles. The minimum absolute atomic E-state index is 0.820. The van der Waals surface area contributed by atoms with Gasteiger partial charge in [0.05, 0.1) is 0 Å². The summed E-state index contributed by atoms with van der Waals surface area (Å²) in [6, 6.07) is 32.7. The van der Waals surface area contributed by atoms with E-state index >= 15 is 4.57 Å². The summed E-state index contributed by atoms with van der Waals surface area (Å²) in [5, 5.41) is 4.69. The molecule has 1 aliphatic carbocycles. The van der Waals surface area contributed by atoms with Gasteiger partial charge in [-0.2, -0.15) is 0 Å². The maximum atomic E-state index is 15.6. The van der Waals surface area contributed by atoms with Crippen LogP contribution in [0, 0.1) is 20.8 Å². The van der Waals surface area contributed by atoms with Gasteiger partial charge in [-0.1, -0.05) is 0 Å². The molecular weight excluding hydrogens is 642 g/mol. The van der Waals surface area contributed by atoms with Crippen molar-refractivity contribution in [1.82, 2.24) is 0 Å². The Hall–Kier alpha value is -2.04. The molecule has 0 bridgehead atoms.